The van der Waals surface area contributed by atoms with E-state index in [4.69, 9.17) is 0 Å². The molecule has 7 nitrogen and oxygen atoms in total. The highest BCUT2D eigenvalue weighted by Crippen LogP contribution is 2.56. The summed E-state index contributed by atoms with van der Waals surface area (Å²) in [6.45, 7) is 22.8. The molecule has 284 valence electrons. The van der Waals surface area contributed by atoms with Gasteiger partial charge in [-0.1, -0.05) is 95.8 Å². The summed E-state index contributed by atoms with van der Waals surface area (Å²) in [6.07, 6.45) is 6.33. The first-order chi connectivity index (χ1) is 26.6. The van der Waals surface area contributed by atoms with E-state index in [1.54, 1.807) is 6.92 Å². The van der Waals surface area contributed by atoms with Crippen LogP contribution in [0, 0.1) is 0 Å². The number of benzene rings is 5. The van der Waals surface area contributed by atoms with Crippen LogP contribution >= 0.6 is 22.7 Å². The molecule has 0 aliphatic rings. The zero-order chi connectivity index (χ0) is 40.1. The highest BCUT2D eigenvalue weighted by molar-refractivity contribution is 7.26. The third-order valence-corrected chi connectivity index (χ3v) is 11.9. The van der Waals surface area contributed by atoms with E-state index in [0.717, 1.165) is 21.8 Å². The van der Waals surface area contributed by atoms with Gasteiger partial charge in [0, 0.05) is 69.1 Å². The molecule has 0 fully saturated rings. The van der Waals surface area contributed by atoms with Crippen LogP contribution in [0.3, 0.4) is 0 Å². The monoisotopic (exact) mass is 772 g/mol. The van der Waals surface area contributed by atoms with Gasteiger partial charge in [0.15, 0.2) is 11.5 Å². The Kier molecular flexibility index (Phi) is 12.6. The highest BCUT2D eigenvalue weighted by Gasteiger charge is 2.30. The van der Waals surface area contributed by atoms with Gasteiger partial charge in [0.05, 0.1) is 11.3 Å². The van der Waals surface area contributed by atoms with Crippen molar-refractivity contribution in [3.05, 3.63) is 106 Å². The van der Waals surface area contributed by atoms with E-state index in [0.29, 0.717) is 10.6 Å². The van der Waals surface area contributed by atoms with Crippen LogP contribution in [0.2, 0.25) is 0 Å². The van der Waals surface area contributed by atoms with E-state index in [2.05, 4.69) is 96.5 Å². The number of hydrogen-bond donors (Lipinski definition) is 5. The molecule has 5 aromatic carbocycles. The van der Waals surface area contributed by atoms with Crippen molar-refractivity contribution in [1.82, 2.24) is 4.57 Å². The molecule has 1 atom stereocenters. The van der Waals surface area contributed by atoms with Gasteiger partial charge in [0.25, 0.3) is 0 Å². The summed E-state index contributed by atoms with van der Waals surface area (Å²) < 4.78 is 6.04. The lowest BCUT2D eigenvalue weighted by molar-refractivity contribution is 0.323. The summed E-state index contributed by atoms with van der Waals surface area (Å²) in [6, 6.07) is 25.5. The zero-order valence-corrected chi connectivity index (χ0v) is 33.9. The van der Waals surface area contributed by atoms with Crippen LogP contribution in [0.25, 0.3) is 64.6 Å². The number of allylic oxidation sites excluding steroid dienone is 2. The lowest BCUT2D eigenvalue weighted by Gasteiger charge is -2.17. The van der Waals surface area contributed by atoms with Gasteiger partial charge in [-0.05, 0) is 67.7 Å². The molecule has 3 heterocycles. The third kappa shape index (κ3) is 7.01. The molecule has 9 heteroatoms. The smallest absolute Gasteiger partial charge is 0.208 e. The molecule has 1 unspecified atom stereocenters. The summed E-state index contributed by atoms with van der Waals surface area (Å²) in [7, 11) is 0. The number of fused-ring (bicyclic) bond motifs is 7. The van der Waals surface area contributed by atoms with Crippen LogP contribution in [0.15, 0.2) is 89.9 Å². The Morgan fingerprint density at radius 3 is 1.91 bits per heavy atom. The molecule has 0 saturated carbocycles. The SMILES string of the molecule is C=Nc1c(C(C)c2c(O)c(O)c(O)c(O)c2O)sc2ccccc12.C=c1/c(=C\C=C/C)n(CC)c2cc3c(ccc4sc5ccccc5c43)cc12.CC.CC. The number of hydrogen-bond acceptors (Lipinski definition) is 8. The first-order valence-electron chi connectivity index (χ1n) is 18.5. The van der Waals surface area contributed by atoms with Crippen molar-refractivity contribution in [2.75, 3.05) is 0 Å². The molecular weight excluding hydrogens is 725 g/mol. The Balaban J connectivity index is 0.000000195. The largest absolute Gasteiger partial charge is 0.504 e. The van der Waals surface area contributed by atoms with Crippen LogP contribution in [0.5, 0.6) is 28.7 Å². The van der Waals surface area contributed by atoms with E-state index >= 15 is 0 Å². The Bertz CT molecular complexity index is 2800. The Morgan fingerprint density at radius 1 is 0.727 bits per heavy atom. The number of aliphatic imine (C=N–C) groups is 1. The quantitative estimate of drug-likeness (QED) is 0.0678. The lowest BCUT2D eigenvalue weighted by Crippen LogP contribution is -2.27. The second-order valence-electron chi connectivity index (χ2n) is 12.3. The predicted octanol–water partition coefficient (Wildman–Crippen LogP) is 11.9. The molecule has 0 bridgehead atoms. The van der Waals surface area contributed by atoms with Crippen molar-refractivity contribution in [2.45, 2.75) is 60.9 Å². The van der Waals surface area contributed by atoms with Crippen molar-refractivity contribution in [3.63, 3.8) is 0 Å². The molecular formula is C46H48N2O5S2. The normalized spacial score (nSPS) is 12.1. The highest BCUT2D eigenvalue weighted by atomic mass is 32.1. The minimum Gasteiger partial charge on any atom is -0.504 e. The maximum absolute atomic E-state index is 10.1. The molecule has 0 aliphatic heterocycles. The summed E-state index contributed by atoms with van der Waals surface area (Å²) >= 11 is 3.28. The van der Waals surface area contributed by atoms with E-state index in [1.807, 2.05) is 70.2 Å². The standard InChI is InChI=1S/C25H21NS.C17H15NO5S.2C2H6/c1-4-6-10-21-16(3)19-14-17-12-13-24-25(18-9-7-8-11-23(18)27-24)20(17)15-22(19)26(21)5-2;1-7(10-12(19)14(21)16(23)15(22)13(10)20)17-11(18-2)8-5-3-4-6-9(8)24-17;2*1-2/h4,6-15H,3,5H2,1-2H3;3-7,19-23H,2H2,1H3;2*1-2H3/b6-4-,21-10+;;;. The van der Waals surface area contributed by atoms with E-state index in [-0.39, 0.29) is 5.56 Å². The van der Waals surface area contributed by atoms with Gasteiger partial charge in [0.2, 0.25) is 17.2 Å². The van der Waals surface area contributed by atoms with Gasteiger partial charge in [-0.15, -0.1) is 22.7 Å². The molecule has 8 rings (SSSR count). The number of aromatic nitrogens is 1. The van der Waals surface area contributed by atoms with Crippen molar-refractivity contribution in [1.29, 1.82) is 0 Å². The van der Waals surface area contributed by atoms with Crippen LogP contribution in [-0.2, 0) is 6.54 Å². The van der Waals surface area contributed by atoms with Crippen molar-refractivity contribution in [2.24, 2.45) is 4.99 Å². The van der Waals surface area contributed by atoms with Gasteiger partial charge < -0.3 is 30.1 Å². The second kappa shape index (κ2) is 17.1. The molecule has 0 saturated heterocycles. The van der Waals surface area contributed by atoms with Gasteiger partial charge in [0.1, 0.15) is 0 Å². The van der Waals surface area contributed by atoms with Crippen LogP contribution in [0.4, 0.5) is 5.69 Å². The van der Waals surface area contributed by atoms with E-state index in [9.17, 15) is 25.5 Å². The van der Waals surface area contributed by atoms with E-state index < -0.39 is 34.7 Å². The summed E-state index contributed by atoms with van der Waals surface area (Å²) in [4.78, 5) is 4.75. The molecule has 0 aliphatic carbocycles. The van der Waals surface area contributed by atoms with Crippen molar-refractivity contribution < 1.29 is 25.5 Å². The summed E-state index contributed by atoms with van der Waals surface area (Å²) in [5.74, 6) is -4.74. The molecule has 0 radical (unpaired) electrons. The minimum absolute atomic E-state index is 0.0979. The fraction of sp³-hybridized carbons (Fsp3) is 0.196. The van der Waals surface area contributed by atoms with Crippen LogP contribution in [0.1, 0.15) is 64.8 Å². The number of nitrogens with zero attached hydrogens (tertiary/aromatic N) is 2. The summed E-state index contributed by atoms with van der Waals surface area (Å²) in [5.41, 5.74) is 1.78. The molecule has 0 amide bonds. The molecule has 3 aromatic heterocycles. The zero-order valence-electron chi connectivity index (χ0n) is 32.3. The van der Waals surface area contributed by atoms with Crippen molar-refractivity contribution in [3.8, 4) is 28.7 Å². The number of phenols is 5. The Hall–Kier alpha value is -5.77. The average Bonchev–Trinajstić information content (AvgIpc) is 3.88. The topological polar surface area (TPSA) is 118 Å². The van der Waals surface area contributed by atoms with E-state index in [1.165, 1.54) is 58.5 Å². The first kappa shape index (κ1) is 40.4. The molecule has 5 N–H and O–H groups in total. The fourth-order valence-electron chi connectivity index (χ4n) is 6.95. The predicted molar refractivity (Wildman–Crippen MR) is 238 cm³/mol. The summed E-state index contributed by atoms with van der Waals surface area (Å²) in [5, 5.41) is 59.1. The minimum atomic E-state index is -0.973. The number of phenolic OH excluding ortho intramolecular Hbond substituents is 5. The van der Waals surface area contributed by atoms with Crippen LogP contribution < -0.4 is 10.6 Å². The molecule has 0 spiro atoms. The number of aryl methyl sites for hydroxylation is 1. The van der Waals surface area contributed by atoms with Crippen molar-refractivity contribution >= 4 is 99.7 Å². The van der Waals surface area contributed by atoms with Gasteiger partial charge >= 0.3 is 0 Å². The molecule has 55 heavy (non-hydrogen) atoms. The van der Waals surface area contributed by atoms with Gasteiger partial charge in [-0.25, -0.2) is 0 Å². The number of thiophene rings is 2. The maximum atomic E-state index is 10.1. The second-order valence-corrected chi connectivity index (χ2v) is 14.4. The van der Waals surface area contributed by atoms with Gasteiger partial charge in [-0.2, -0.15) is 0 Å². The molecule has 8 aromatic rings. The Labute approximate surface area is 329 Å². The Morgan fingerprint density at radius 2 is 1.31 bits per heavy atom. The third-order valence-electron chi connectivity index (χ3n) is 9.44. The average molecular weight is 773 g/mol. The maximum Gasteiger partial charge on any atom is 0.208 e. The fourth-order valence-corrected chi connectivity index (χ4v) is 9.30. The number of rotatable bonds is 5. The van der Waals surface area contributed by atoms with Gasteiger partial charge in [-0.3, -0.25) is 4.99 Å². The first-order valence-corrected chi connectivity index (χ1v) is 20.1. The lowest BCUT2D eigenvalue weighted by atomic mass is 9.94. The van der Waals surface area contributed by atoms with Crippen LogP contribution in [-0.4, -0.2) is 36.8 Å². The number of aromatic hydroxyl groups is 5.